The lowest BCUT2D eigenvalue weighted by Crippen LogP contribution is -2.25. The Morgan fingerprint density at radius 1 is 0.822 bits per heavy atom. The van der Waals surface area contributed by atoms with Gasteiger partial charge in [0.1, 0.15) is 17.2 Å². The number of hydrogen-bond donors (Lipinski definition) is 1. The molecule has 4 aromatic rings. The zero-order valence-electron chi connectivity index (χ0n) is 28.6. The van der Waals surface area contributed by atoms with Crippen molar-refractivity contribution in [2.75, 3.05) is 27.4 Å². The third kappa shape index (κ3) is 7.78. The smallest absolute Gasteiger partial charge is 0.252 e. The summed E-state index contributed by atoms with van der Waals surface area (Å²) in [6.45, 7) is 16.8. The summed E-state index contributed by atoms with van der Waals surface area (Å²) in [4.78, 5) is 18.4. The number of ether oxygens (including phenoxy) is 3. The highest BCUT2D eigenvalue weighted by Crippen LogP contribution is 2.39. The van der Waals surface area contributed by atoms with E-state index in [4.69, 9.17) is 19.2 Å². The average Bonchev–Trinajstić information content (AvgIpc) is 3.05. The molecule has 1 aromatic heterocycles. The molecule has 0 radical (unpaired) electrons. The van der Waals surface area contributed by atoms with Gasteiger partial charge in [-0.3, -0.25) is 4.79 Å². The summed E-state index contributed by atoms with van der Waals surface area (Å²) in [6, 6.07) is 20.1. The van der Waals surface area contributed by atoms with Gasteiger partial charge in [-0.1, -0.05) is 65.3 Å². The number of amides is 1. The van der Waals surface area contributed by atoms with Crippen molar-refractivity contribution in [1.82, 2.24) is 10.3 Å². The Morgan fingerprint density at radius 3 is 2.27 bits per heavy atom. The molecular formula is C39H50N2O4. The van der Waals surface area contributed by atoms with Gasteiger partial charge in [-0.25, -0.2) is 4.98 Å². The summed E-state index contributed by atoms with van der Waals surface area (Å²) in [5, 5.41) is 3.96. The number of aromatic nitrogens is 1. The molecule has 0 aliphatic heterocycles. The summed E-state index contributed by atoms with van der Waals surface area (Å²) in [6.07, 6.45) is 3.75. The maximum Gasteiger partial charge on any atom is 0.252 e. The first kappa shape index (κ1) is 33.8. The van der Waals surface area contributed by atoms with Crippen molar-refractivity contribution in [3.05, 3.63) is 82.9 Å². The van der Waals surface area contributed by atoms with Crippen molar-refractivity contribution < 1.29 is 19.0 Å². The van der Waals surface area contributed by atoms with Crippen LogP contribution < -0.4 is 19.5 Å². The molecule has 0 atom stereocenters. The predicted octanol–water partition coefficient (Wildman–Crippen LogP) is 9.19. The van der Waals surface area contributed by atoms with Gasteiger partial charge in [-0.2, -0.15) is 0 Å². The summed E-state index contributed by atoms with van der Waals surface area (Å²) in [5.74, 6) is 2.16. The second-order valence-corrected chi connectivity index (χ2v) is 13.1. The minimum absolute atomic E-state index is 0.0174. The number of hydrogen-bond acceptors (Lipinski definition) is 5. The summed E-state index contributed by atoms with van der Waals surface area (Å²) >= 11 is 0. The molecule has 0 aliphatic carbocycles. The first-order valence-electron chi connectivity index (χ1n) is 16.1. The first-order valence-corrected chi connectivity index (χ1v) is 16.1. The molecule has 0 bridgehead atoms. The van der Waals surface area contributed by atoms with E-state index in [2.05, 4.69) is 65.1 Å². The van der Waals surface area contributed by atoms with Crippen LogP contribution in [0.4, 0.5) is 0 Å². The minimum atomic E-state index is -0.122. The van der Waals surface area contributed by atoms with Gasteiger partial charge in [0.2, 0.25) is 0 Å². The fourth-order valence-electron chi connectivity index (χ4n) is 5.38. The molecule has 45 heavy (non-hydrogen) atoms. The maximum atomic E-state index is 13.6. The number of benzene rings is 3. The van der Waals surface area contributed by atoms with Crippen LogP contribution in [0.2, 0.25) is 0 Å². The lowest BCUT2D eigenvalue weighted by molar-refractivity contribution is 0.0954. The first-order chi connectivity index (χ1) is 21.4. The normalized spacial score (nSPS) is 11.8. The van der Waals surface area contributed by atoms with E-state index >= 15 is 0 Å². The molecule has 240 valence electrons. The Morgan fingerprint density at radius 2 is 1.58 bits per heavy atom. The highest BCUT2D eigenvalue weighted by Gasteiger charge is 2.26. The van der Waals surface area contributed by atoms with Gasteiger partial charge in [0.15, 0.2) is 0 Å². The van der Waals surface area contributed by atoms with Crippen LogP contribution in [0.3, 0.4) is 0 Å². The second kappa shape index (κ2) is 14.4. The monoisotopic (exact) mass is 610 g/mol. The van der Waals surface area contributed by atoms with Crippen LogP contribution in [0.5, 0.6) is 17.2 Å². The molecule has 0 saturated heterocycles. The van der Waals surface area contributed by atoms with Gasteiger partial charge in [0.05, 0.1) is 37.6 Å². The zero-order chi connectivity index (χ0) is 32.8. The topological polar surface area (TPSA) is 69.7 Å². The molecule has 0 aliphatic rings. The third-order valence-corrected chi connectivity index (χ3v) is 9.27. The quantitative estimate of drug-likeness (QED) is 0.144. The van der Waals surface area contributed by atoms with Gasteiger partial charge < -0.3 is 19.5 Å². The lowest BCUT2D eigenvalue weighted by atomic mass is 9.76. The van der Waals surface area contributed by atoms with E-state index in [0.29, 0.717) is 35.9 Å². The number of rotatable bonds is 14. The highest BCUT2D eigenvalue weighted by molar-refractivity contribution is 6.07. The number of carbonyl (C=O) groups excluding carboxylic acids is 1. The van der Waals surface area contributed by atoms with Crippen LogP contribution in [0.1, 0.15) is 94.3 Å². The van der Waals surface area contributed by atoms with Crippen molar-refractivity contribution in [1.29, 1.82) is 0 Å². The Kier molecular flexibility index (Phi) is 10.8. The Hall–Kier alpha value is -4.06. The number of carbonyl (C=O) groups is 1. The fourth-order valence-corrected chi connectivity index (χ4v) is 5.38. The Bertz CT molecular complexity index is 1640. The molecule has 0 spiro atoms. The van der Waals surface area contributed by atoms with Crippen LogP contribution in [-0.2, 0) is 10.8 Å². The van der Waals surface area contributed by atoms with Crippen LogP contribution in [0.15, 0.2) is 60.7 Å². The van der Waals surface area contributed by atoms with Crippen molar-refractivity contribution >= 4 is 16.8 Å². The van der Waals surface area contributed by atoms with E-state index < -0.39 is 0 Å². The predicted molar refractivity (Wildman–Crippen MR) is 185 cm³/mol. The molecule has 0 fully saturated rings. The van der Waals surface area contributed by atoms with Crippen molar-refractivity contribution in [2.45, 2.75) is 85.0 Å². The van der Waals surface area contributed by atoms with Crippen molar-refractivity contribution in [3.8, 4) is 28.5 Å². The number of unbranched alkanes of at least 4 members (excludes halogenated alkanes) is 1. The number of methoxy groups -OCH3 is 2. The molecule has 1 N–H and O–H groups in total. The molecule has 1 heterocycles. The van der Waals surface area contributed by atoms with Crippen LogP contribution in [0, 0.1) is 6.92 Å². The van der Waals surface area contributed by atoms with E-state index in [0.717, 1.165) is 53.5 Å². The Balaban J connectivity index is 1.45. The van der Waals surface area contributed by atoms with E-state index in [1.54, 1.807) is 14.2 Å². The van der Waals surface area contributed by atoms with E-state index in [1.165, 1.54) is 11.1 Å². The number of aryl methyl sites for hydroxylation is 1. The molecule has 4 rings (SSSR count). The molecule has 3 aromatic carbocycles. The zero-order valence-corrected chi connectivity index (χ0v) is 28.6. The molecule has 0 saturated carbocycles. The van der Waals surface area contributed by atoms with E-state index in [-0.39, 0.29) is 16.7 Å². The van der Waals surface area contributed by atoms with Gasteiger partial charge in [0, 0.05) is 29.1 Å². The second-order valence-electron chi connectivity index (χ2n) is 13.1. The van der Waals surface area contributed by atoms with Crippen molar-refractivity contribution in [3.63, 3.8) is 0 Å². The van der Waals surface area contributed by atoms with Crippen LogP contribution in [-0.4, -0.2) is 38.3 Å². The lowest BCUT2D eigenvalue weighted by Gasteiger charge is -2.30. The maximum absolute atomic E-state index is 13.6. The van der Waals surface area contributed by atoms with Crippen molar-refractivity contribution in [2.24, 2.45) is 0 Å². The molecular weight excluding hydrogens is 560 g/mol. The standard InChI is InChI=1S/C39H50N2O4/c1-10-38(4,5)27-15-19-35(32(23-27)39(6,7)11-2)45-21-13-12-20-40-37(42)31-25-34(41-33-18-14-26(3)22-30(31)33)29-17-16-28(43-8)24-36(29)44-9/h14-19,22-25H,10-13,20-21H2,1-9H3,(H,40,42). The summed E-state index contributed by atoms with van der Waals surface area (Å²) in [5.41, 5.74) is 6.64. The summed E-state index contributed by atoms with van der Waals surface area (Å²) in [7, 11) is 3.24. The molecule has 6 heteroatoms. The van der Waals surface area contributed by atoms with E-state index in [1.807, 2.05) is 49.4 Å². The summed E-state index contributed by atoms with van der Waals surface area (Å²) < 4.78 is 17.3. The number of pyridine rings is 1. The molecule has 1 amide bonds. The molecule has 0 unspecified atom stereocenters. The third-order valence-electron chi connectivity index (χ3n) is 9.27. The SMILES string of the molecule is CCC(C)(C)c1ccc(OCCCCNC(=O)c2cc(-c3ccc(OC)cc3OC)nc3ccc(C)cc23)c(C(C)(C)CC)c1. The minimum Gasteiger partial charge on any atom is -0.497 e. The van der Waals surface area contributed by atoms with Gasteiger partial charge in [-0.15, -0.1) is 0 Å². The molecule has 6 nitrogen and oxygen atoms in total. The Labute approximate surface area is 269 Å². The number of nitrogens with zero attached hydrogens (tertiary/aromatic N) is 1. The average molecular weight is 611 g/mol. The highest BCUT2D eigenvalue weighted by atomic mass is 16.5. The van der Waals surface area contributed by atoms with Gasteiger partial charge in [0.25, 0.3) is 5.91 Å². The number of fused-ring (bicyclic) bond motifs is 1. The van der Waals surface area contributed by atoms with Crippen LogP contribution >= 0.6 is 0 Å². The number of nitrogens with one attached hydrogen (secondary N) is 1. The van der Waals surface area contributed by atoms with Gasteiger partial charge >= 0.3 is 0 Å². The largest absolute Gasteiger partial charge is 0.497 e. The van der Waals surface area contributed by atoms with Gasteiger partial charge in [-0.05, 0) is 85.4 Å². The van der Waals surface area contributed by atoms with E-state index in [9.17, 15) is 4.79 Å². The van der Waals surface area contributed by atoms with Crippen LogP contribution in [0.25, 0.3) is 22.2 Å². The fraction of sp³-hybridized carbons (Fsp3) is 0.436.